The summed E-state index contributed by atoms with van der Waals surface area (Å²) in [7, 11) is -0.636. The first kappa shape index (κ1) is 27.1. The Hall–Kier alpha value is -1.18. The molecule has 0 saturated heterocycles. The first-order valence-corrected chi connectivity index (χ1v) is 19.6. The number of hydrogen-bond donors (Lipinski definition) is 0. The third kappa shape index (κ3) is 6.45. The molecule has 178 valence electrons. The van der Waals surface area contributed by atoms with Crippen molar-refractivity contribution in [1.29, 1.82) is 0 Å². The highest BCUT2D eigenvalue weighted by Gasteiger charge is 2.32. The second-order valence-corrected chi connectivity index (χ2v) is 23.2. The van der Waals surface area contributed by atoms with Crippen molar-refractivity contribution in [2.24, 2.45) is 0 Å². The van der Waals surface area contributed by atoms with Gasteiger partial charge in [0.15, 0.2) is 13.6 Å². The molecule has 0 atom stereocenters. The number of para-hydroxylation sites is 2. The summed E-state index contributed by atoms with van der Waals surface area (Å²) in [5.41, 5.74) is 0.411. The Balaban J connectivity index is 2.81. The Labute approximate surface area is 198 Å². The number of benzene rings is 2. The predicted molar refractivity (Wildman–Crippen MR) is 145 cm³/mol. The maximum absolute atomic E-state index is 6.29. The highest BCUT2D eigenvalue weighted by molar-refractivity contribution is 7.74. The predicted octanol–water partition coefficient (Wildman–Crippen LogP) is 4.58. The van der Waals surface area contributed by atoms with Crippen molar-refractivity contribution in [2.45, 2.75) is 58.8 Å². The lowest BCUT2D eigenvalue weighted by atomic mass is 10.3. The number of hydrogen-bond acceptors (Lipinski definition) is 4. The van der Waals surface area contributed by atoms with E-state index in [4.69, 9.17) is 18.9 Å². The highest BCUT2D eigenvalue weighted by Crippen LogP contribution is 2.44. The summed E-state index contributed by atoms with van der Waals surface area (Å²) in [6.45, 7) is 19.3. The molecule has 2 aromatic rings. The number of methoxy groups -OCH3 is 2. The molecule has 0 unspecified atom stereocenters. The van der Waals surface area contributed by atoms with Crippen LogP contribution in [0.2, 0.25) is 39.3 Å². The molecule has 0 heterocycles. The monoisotopic (exact) mass is 492 g/mol. The summed E-state index contributed by atoms with van der Waals surface area (Å²) in [5, 5.41) is 5.20. The van der Waals surface area contributed by atoms with E-state index in [1.807, 2.05) is 0 Å². The molecule has 0 aromatic heterocycles. The van der Waals surface area contributed by atoms with Crippen LogP contribution in [0, 0.1) is 0 Å². The molecule has 0 aliphatic carbocycles. The molecule has 0 bridgehead atoms. The standard InChI is InChI=1S/C25H41O4PSi2/c1-19(2)30(20-13-11-15-22(31(5,6)7)24(20)28-17-26-3)21-14-12-16-23(32(8,9)10)25(21)29-18-27-4/h11-16,19H,17-18H2,1-10H3. The van der Waals surface area contributed by atoms with Gasteiger partial charge >= 0.3 is 0 Å². The van der Waals surface area contributed by atoms with Crippen molar-refractivity contribution in [3.05, 3.63) is 36.4 Å². The molecular weight excluding hydrogens is 451 g/mol. The van der Waals surface area contributed by atoms with Crippen molar-refractivity contribution < 1.29 is 18.9 Å². The van der Waals surface area contributed by atoms with Crippen LogP contribution in [0.5, 0.6) is 11.5 Å². The van der Waals surface area contributed by atoms with E-state index in [9.17, 15) is 0 Å². The molecule has 0 aliphatic heterocycles. The van der Waals surface area contributed by atoms with E-state index in [2.05, 4.69) is 89.5 Å². The third-order valence-corrected chi connectivity index (χ3v) is 12.1. The lowest BCUT2D eigenvalue weighted by molar-refractivity contribution is 0.0525. The largest absolute Gasteiger partial charge is 0.467 e. The van der Waals surface area contributed by atoms with Crippen molar-refractivity contribution in [3.8, 4) is 11.5 Å². The summed E-state index contributed by atoms with van der Waals surface area (Å²) in [5.74, 6) is 2.01. The van der Waals surface area contributed by atoms with E-state index >= 15 is 0 Å². The highest BCUT2D eigenvalue weighted by atomic mass is 31.1. The Bertz CT molecular complexity index is 819. The maximum Gasteiger partial charge on any atom is 0.188 e. The van der Waals surface area contributed by atoms with Crippen LogP contribution in [-0.2, 0) is 9.47 Å². The van der Waals surface area contributed by atoms with Gasteiger partial charge in [0.2, 0.25) is 0 Å². The minimum Gasteiger partial charge on any atom is -0.467 e. The Kier molecular flexibility index (Phi) is 9.56. The van der Waals surface area contributed by atoms with Crippen LogP contribution in [0.4, 0.5) is 0 Å². The van der Waals surface area contributed by atoms with Crippen molar-refractivity contribution >= 4 is 45.1 Å². The first-order chi connectivity index (χ1) is 14.9. The maximum atomic E-state index is 6.29. The van der Waals surface area contributed by atoms with E-state index in [-0.39, 0.29) is 13.6 Å². The molecule has 0 fully saturated rings. The van der Waals surface area contributed by atoms with Gasteiger partial charge in [0.1, 0.15) is 11.5 Å². The van der Waals surface area contributed by atoms with E-state index in [1.165, 1.54) is 21.0 Å². The van der Waals surface area contributed by atoms with E-state index in [1.54, 1.807) is 14.2 Å². The van der Waals surface area contributed by atoms with Gasteiger partial charge in [0.25, 0.3) is 0 Å². The molecule has 0 aliphatic rings. The third-order valence-electron chi connectivity index (χ3n) is 5.28. The average Bonchev–Trinajstić information content (AvgIpc) is 2.69. The lowest BCUT2D eigenvalue weighted by Crippen LogP contribution is -2.43. The quantitative estimate of drug-likeness (QED) is 0.261. The summed E-state index contributed by atoms with van der Waals surface area (Å²) in [4.78, 5) is 0. The van der Waals surface area contributed by atoms with E-state index in [0.29, 0.717) is 5.66 Å². The molecule has 0 radical (unpaired) electrons. The van der Waals surface area contributed by atoms with Crippen LogP contribution in [0.25, 0.3) is 0 Å². The molecule has 2 rings (SSSR count). The van der Waals surface area contributed by atoms with Gasteiger partial charge in [-0.1, -0.05) is 89.5 Å². The SMILES string of the molecule is COCOc1c(P(c2cccc([Si](C)(C)C)c2OCOC)C(C)C)cccc1[Si](C)(C)C. The van der Waals surface area contributed by atoms with Crippen LogP contribution in [0.3, 0.4) is 0 Å². The molecule has 0 N–H and O–H groups in total. The van der Waals surface area contributed by atoms with Gasteiger partial charge in [0, 0.05) is 24.8 Å². The zero-order chi connectivity index (χ0) is 24.1. The minimum absolute atomic E-state index is 0.248. The average molecular weight is 493 g/mol. The van der Waals surface area contributed by atoms with Gasteiger partial charge in [-0.15, -0.1) is 0 Å². The van der Waals surface area contributed by atoms with Gasteiger partial charge in [0.05, 0.1) is 16.1 Å². The van der Waals surface area contributed by atoms with Crippen molar-refractivity contribution in [3.63, 3.8) is 0 Å². The van der Waals surface area contributed by atoms with Gasteiger partial charge in [-0.05, 0) is 24.0 Å². The topological polar surface area (TPSA) is 36.9 Å². The first-order valence-electron chi connectivity index (χ1n) is 11.2. The van der Waals surface area contributed by atoms with Gasteiger partial charge in [-0.25, -0.2) is 0 Å². The Morgan fingerprint density at radius 2 is 1.06 bits per heavy atom. The Morgan fingerprint density at radius 1 is 0.688 bits per heavy atom. The van der Waals surface area contributed by atoms with Crippen LogP contribution in [0.1, 0.15) is 13.8 Å². The van der Waals surface area contributed by atoms with Crippen LogP contribution >= 0.6 is 7.92 Å². The minimum atomic E-state index is -1.63. The normalized spacial score (nSPS) is 12.5. The number of ether oxygens (including phenoxy) is 4. The van der Waals surface area contributed by atoms with Crippen molar-refractivity contribution in [2.75, 3.05) is 27.8 Å². The molecule has 0 saturated carbocycles. The molecule has 0 spiro atoms. The Morgan fingerprint density at radius 3 is 1.34 bits per heavy atom. The van der Waals surface area contributed by atoms with Crippen LogP contribution in [0.15, 0.2) is 36.4 Å². The molecule has 2 aromatic carbocycles. The second kappa shape index (κ2) is 11.3. The zero-order valence-corrected chi connectivity index (χ0v) is 24.4. The summed E-state index contributed by atoms with van der Waals surface area (Å²) in [6.07, 6.45) is 0. The van der Waals surface area contributed by atoms with Gasteiger partial charge < -0.3 is 18.9 Å². The van der Waals surface area contributed by atoms with E-state index < -0.39 is 24.1 Å². The zero-order valence-electron chi connectivity index (χ0n) is 21.5. The molecule has 7 heteroatoms. The fourth-order valence-corrected chi connectivity index (χ4v) is 9.69. The van der Waals surface area contributed by atoms with Crippen LogP contribution in [-0.4, -0.2) is 49.6 Å². The van der Waals surface area contributed by atoms with Crippen molar-refractivity contribution in [1.82, 2.24) is 0 Å². The summed E-state index contributed by atoms with van der Waals surface area (Å²) >= 11 is 0. The van der Waals surface area contributed by atoms with E-state index in [0.717, 1.165) is 11.5 Å². The summed E-state index contributed by atoms with van der Waals surface area (Å²) < 4.78 is 23.2. The van der Waals surface area contributed by atoms with Gasteiger partial charge in [-0.3, -0.25) is 0 Å². The summed E-state index contributed by atoms with van der Waals surface area (Å²) in [6, 6.07) is 13.3. The molecule has 0 amide bonds. The number of rotatable bonds is 11. The van der Waals surface area contributed by atoms with Gasteiger partial charge in [-0.2, -0.15) is 0 Å². The lowest BCUT2D eigenvalue weighted by Gasteiger charge is -2.31. The fraction of sp³-hybridized carbons (Fsp3) is 0.520. The molecule has 32 heavy (non-hydrogen) atoms. The fourth-order valence-electron chi connectivity index (χ4n) is 3.84. The molecule has 4 nitrogen and oxygen atoms in total. The molecular formula is C25H41O4PSi2. The second-order valence-electron chi connectivity index (χ2n) is 10.4. The van der Waals surface area contributed by atoms with Crippen LogP contribution < -0.4 is 30.5 Å². The smallest absolute Gasteiger partial charge is 0.188 e.